The minimum absolute atomic E-state index is 0.0907. The zero-order valence-electron chi connectivity index (χ0n) is 14.4. The molecule has 142 valence electrons. The molecule has 0 saturated carbocycles. The summed E-state index contributed by atoms with van der Waals surface area (Å²) in [5.41, 5.74) is 11.0. The van der Waals surface area contributed by atoms with Gasteiger partial charge in [-0.05, 0) is 46.3 Å². The molecule has 1 aromatic heterocycles. The van der Waals surface area contributed by atoms with Crippen LogP contribution in [0.15, 0.2) is 46.8 Å². The van der Waals surface area contributed by atoms with Crippen LogP contribution in [0.5, 0.6) is 0 Å². The van der Waals surface area contributed by atoms with Crippen LogP contribution in [0.25, 0.3) is 0 Å². The van der Waals surface area contributed by atoms with E-state index in [1.54, 1.807) is 17.4 Å². The molecule has 0 saturated heterocycles. The van der Waals surface area contributed by atoms with Gasteiger partial charge >= 0.3 is 0 Å². The van der Waals surface area contributed by atoms with Gasteiger partial charge in [0.25, 0.3) is 0 Å². The van der Waals surface area contributed by atoms with E-state index in [0.29, 0.717) is 13.1 Å². The van der Waals surface area contributed by atoms with E-state index in [0.717, 1.165) is 8.66 Å². The zero-order chi connectivity index (χ0) is 20.0. The molecule has 7 nitrogen and oxygen atoms in total. The molecule has 27 heavy (non-hydrogen) atoms. The van der Waals surface area contributed by atoms with Gasteiger partial charge in [-0.15, -0.1) is 17.9 Å². The Morgan fingerprint density at radius 1 is 1.15 bits per heavy atom. The highest BCUT2D eigenvalue weighted by atomic mass is 79.9. The van der Waals surface area contributed by atoms with Crippen LogP contribution >= 0.6 is 27.3 Å². The molecule has 0 unspecified atom stereocenters. The molecule has 0 aliphatic heterocycles. The minimum atomic E-state index is -0.717. The Kier molecular flexibility index (Phi) is 7.28. The summed E-state index contributed by atoms with van der Waals surface area (Å²) < 4.78 is 1.02. The first-order valence-corrected chi connectivity index (χ1v) is 9.51. The Morgan fingerprint density at radius 2 is 1.78 bits per heavy atom. The summed E-state index contributed by atoms with van der Waals surface area (Å²) >= 11 is 5.01. The summed E-state index contributed by atoms with van der Waals surface area (Å²) in [7, 11) is 0. The Balaban J connectivity index is 2.11. The van der Waals surface area contributed by atoms with Crippen molar-refractivity contribution < 1.29 is 14.4 Å². The number of carbonyl (C=O) groups is 3. The van der Waals surface area contributed by atoms with Gasteiger partial charge in [-0.25, -0.2) is 0 Å². The summed E-state index contributed by atoms with van der Waals surface area (Å²) in [6.45, 7) is 4.94. The quantitative estimate of drug-likeness (QED) is 0.507. The van der Waals surface area contributed by atoms with Crippen LogP contribution < -0.4 is 16.8 Å². The van der Waals surface area contributed by atoms with E-state index in [1.807, 2.05) is 17.0 Å². The summed E-state index contributed by atoms with van der Waals surface area (Å²) in [5, 5.41) is 2.68. The molecule has 3 amide bonds. The molecule has 1 aromatic carbocycles. The van der Waals surface area contributed by atoms with Gasteiger partial charge in [0.2, 0.25) is 17.7 Å². The second kappa shape index (κ2) is 9.45. The van der Waals surface area contributed by atoms with Gasteiger partial charge in [0.05, 0.1) is 10.3 Å². The van der Waals surface area contributed by atoms with E-state index in [2.05, 4.69) is 27.8 Å². The standard InChI is InChI=1S/C18H19BrN4O3S/c1-2-5-23(9-14-3-4-15(19)27-14)10-16(24)22-13-7-11(17(20)25)6-12(8-13)18(21)26/h2-4,6-8H,1,5,9-10H2,(H2,20,25)(H2,21,26)(H,22,24). The zero-order valence-corrected chi connectivity index (χ0v) is 16.8. The molecule has 5 N–H and O–H groups in total. The molecule has 2 aromatic rings. The third-order valence-electron chi connectivity index (χ3n) is 3.55. The molecule has 0 bridgehead atoms. The number of hydrogen-bond acceptors (Lipinski definition) is 5. The number of rotatable bonds is 9. The van der Waals surface area contributed by atoms with Gasteiger partial charge < -0.3 is 16.8 Å². The van der Waals surface area contributed by atoms with Crippen molar-refractivity contribution in [2.45, 2.75) is 6.54 Å². The number of nitrogens with zero attached hydrogens (tertiary/aromatic N) is 1. The normalized spacial score (nSPS) is 10.6. The monoisotopic (exact) mass is 450 g/mol. The average molecular weight is 451 g/mol. The SMILES string of the molecule is C=CCN(CC(=O)Nc1cc(C(N)=O)cc(C(N)=O)c1)Cc1ccc(Br)s1. The maximum atomic E-state index is 12.4. The second-order valence-electron chi connectivity index (χ2n) is 5.74. The maximum Gasteiger partial charge on any atom is 0.248 e. The number of carbonyl (C=O) groups excluding carboxylic acids is 3. The fraction of sp³-hybridized carbons (Fsp3) is 0.167. The van der Waals surface area contributed by atoms with Gasteiger partial charge in [-0.3, -0.25) is 19.3 Å². The molecule has 0 aliphatic carbocycles. The van der Waals surface area contributed by atoms with E-state index < -0.39 is 11.8 Å². The van der Waals surface area contributed by atoms with E-state index in [-0.39, 0.29) is 29.3 Å². The van der Waals surface area contributed by atoms with Gasteiger partial charge in [-0.1, -0.05) is 6.08 Å². The number of primary amides is 2. The summed E-state index contributed by atoms with van der Waals surface area (Å²) in [5.74, 6) is -1.74. The average Bonchev–Trinajstić information content (AvgIpc) is 2.99. The van der Waals surface area contributed by atoms with Crippen molar-refractivity contribution in [1.29, 1.82) is 0 Å². The van der Waals surface area contributed by atoms with Gasteiger partial charge in [0, 0.05) is 34.8 Å². The molecular formula is C18H19BrN4O3S. The molecule has 0 aliphatic rings. The Bertz CT molecular complexity index is 849. The lowest BCUT2D eigenvalue weighted by atomic mass is 10.1. The predicted molar refractivity (Wildman–Crippen MR) is 110 cm³/mol. The summed E-state index contributed by atoms with van der Waals surface area (Å²) in [6, 6.07) is 8.03. The van der Waals surface area contributed by atoms with Crippen molar-refractivity contribution in [3.63, 3.8) is 0 Å². The minimum Gasteiger partial charge on any atom is -0.366 e. The summed E-state index contributed by atoms with van der Waals surface area (Å²) in [6.07, 6.45) is 1.72. The van der Waals surface area contributed by atoms with Crippen LogP contribution in [-0.4, -0.2) is 35.7 Å². The van der Waals surface area contributed by atoms with Crippen LogP contribution in [0.4, 0.5) is 5.69 Å². The van der Waals surface area contributed by atoms with Crippen molar-refractivity contribution >= 4 is 50.7 Å². The lowest BCUT2D eigenvalue weighted by molar-refractivity contribution is -0.117. The lowest BCUT2D eigenvalue weighted by Gasteiger charge is -2.19. The number of amides is 3. The summed E-state index contributed by atoms with van der Waals surface area (Å²) in [4.78, 5) is 38.3. The highest BCUT2D eigenvalue weighted by Gasteiger charge is 2.14. The van der Waals surface area contributed by atoms with Crippen molar-refractivity contribution in [3.8, 4) is 0 Å². The first-order valence-electron chi connectivity index (χ1n) is 7.90. The maximum absolute atomic E-state index is 12.4. The topological polar surface area (TPSA) is 119 Å². The molecule has 9 heteroatoms. The fourth-order valence-electron chi connectivity index (χ4n) is 2.41. The number of halogens is 1. The van der Waals surface area contributed by atoms with E-state index in [9.17, 15) is 14.4 Å². The largest absolute Gasteiger partial charge is 0.366 e. The Hall–Kier alpha value is -2.49. The highest BCUT2D eigenvalue weighted by Crippen LogP contribution is 2.23. The first kappa shape index (κ1) is 20.8. The highest BCUT2D eigenvalue weighted by molar-refractivity contribution is 9.11. The van der Waals surface area contributed by atoms with Crippen molar-refractivity contribution in [3.05, 3.63) is 62.8 Å². The number of anilines is 1. The third kappa shape index (κ3) is 6.31. The lowest BCUT2D eigenvalue weighted by Crippen LogP contribution is -2.33. The number of nitrogens with two attached hydrogens (primary N) is 2. The fourth-order valence-corrected chi connectivity index (χ4v) is 3.94. The number of nitrogens with one attached hydrogen (secondary N) is 1. The van der Waals surface area contributed by atoms with Crippen LogP contribution in [0.3, 0.4) is 0 Å². The predicted octanol–water partition coefficient (Wildman–Crippen LogP) is 2.34. The van der Waals surface area contributed by atoms with Crippen LogP contribution in [0, 0.1) is 0 Å². The molecule has 2 rings (SSSR count). The van der Waals surface area contributed by atoms with E-state index >= 15 is 0 Å². The number of thiophene rings is 1. The molecule has 0 spiro atoms. The number of hydrogen-bond donors (Lipinski definition) is 3. The third-order valence-corrected chi connectivity index (χ3v) is 5.16. The van der Waals surface area contributed by atoms with Crippen LogP contribution in [0.2, 0.25) is 0 Å². The Morgan fingerprint density at radius 3 is 2.26 bits per heavy atom. The molecule has 0 fully saturated rings. The van der Waals surface area contributed by atoms with Crippen molar-refractivity contribution in [2.24, 2.45) is 11.5 Å². The van der Waals surface area contributed by atoms with E-state index in [4.69, 9.17) is 11.5 Å². The van der Waals surface area contributed by atoms with Crippen molar-refractivity contribution in [1.82, 2.24) is 4.90 Å². The van der Waals surface area contributed by atoms with E-state index in [1.165, 1.54) is 18.2 Å². The first-order chi connectivity index (χ1) is 12.8. The van der Waals surface area contributed by atoms with Gasteiger partial charge in [-0.2, -0.15) is 0 Å². The molecule has 0 radical (unpaired) electrons. The smallest absolute Gasteiger partial charge is 0.248 e. The van der Waals surface area contributed by atoms with Crippen LogP contribution in [0.1, 0.15) is 25.6 Å². The van der Waals surface area contributed by atoms with Crippen molar-refractivity contribution in [2.75, 3.05) is 18.4 Å². The van der Waals surface area contributed by atoms with Gasteiger partial charge in [0.15, 0.2) is 0 Å². The number of benzene rings is 1. The second-order valence-corrected chi connectivity index (χ2v) is 8.29. The van der Waals surface area contributed by atoms with Crippen LogP contribution in [-0.2, 0) is 11.3 Å². The molecule has 0 atom stereocenters. The van der Waals surface area contributed by atoms with Gasteiger partial charge in [0.1, 0.15) is 0 Å². The Labute approximate surface area is 169 Å². The molecular weight excluding hydrogens is 432 g/mol. The molecule has 1 heterocycles.